The van der Waals surface area contributed by atoms with Crippen molar-refractivity contribution in [3.8, 4) is 18.1 Å². The van der Waals surface area contributed by atoms with Crippen molar-refractivity contribution in [2.45, 2.75) is 92.6 Å². The first-order valence-corrected chi connectivity index (χ1v) is 23.1. The maximum Gasteiger partial charge on any atom is 0.394 e. The SMILES string of the molecule is C#CCNC(=O)[C@@]1(O)[C@H](O)[C@]2(CC)C=CCN3CC[C@@]4(c5cc([C@@]6(C(=O)OC)C[C@@H]7CN(CCc8c6[nH]c6ccccc86)C[C@](O)(CC)C7)c(OC)cc5N(C)[C@@H]14)[C@@H]32.O=S(=O)(O)O. The molecule has 9 rings (SSSR count). The number of hydrogen-bond donors (Lipinski definition) is 7. The van der Waals surface area contributed by atoms with Gasteiger partial charge in [0.05, 0.1) is 32.4 Å². The van der Waals surface area contributed by atoms with E-state index in [-0.39, 0.29) is 18.5 Å². The van der Waals surface area contributed by atoms with E-state index in [0.29, 0.717) is 82.6 Å². The molecule has 0 radical (unpaired) electrons. The van der Waals surface area contributed by atoms with Gasteiger partial charge in [0.1, 0.15) is 17.3 Å². The Morgan fingerprint density at radius 3 is 2.44 bits per heavy atom. The number of aromatic nitrogens is 1. The highest BCUT2D eigenvalue weighted by molar-refractivity contribution is 7.79. The van der Waals surface area contributed by atoms with Crippen molar-refractivity contribution < 1.29 is 51.9 Å². The topological polar surface area (TPSA) is 225 Å². The smallest absolute Gasteiger partial charge is 0.394 e. The molecule has 2 bridgehead atoms. The molecule has 16 nitrogen and oxygen atoms in total. The third-order valence-electron chi connectivity index (χ3n) is 15.6. The molecule has 1 aliphatic carbocycles. The molecule has 1 aromatic heterocycles. The third kappa shape index (κ3) is 6.62. The van der Waals surface area contributed by atoms with E-state index in [1.54, 1.807) is 7.11 Å². The quantitative estimate of drug-likeness (QED) is 0.0784. The number of hydrogen-bond acceptors (Lipinski definition) is 12. The second-order valence-electron chi connectivity index (χ2n) is 18.5. The molecule has 5 aliphatic heterocycles. The monoisotopic (exact) mass is 889 g/mol. The number of anilines is 1. The van der Waals surface area contributed by atoms with E-state index in [1.165, 1.54) is 7.11 Å². The molecule has 1 unspecified atom stereocenters. The lowest BCUT2D eigenvalue weighted by Crippen LogP contribution is -2.81. The fraction of sp³-hybridized carbons (Fsp3) is 0.565. The summed E-state index contributed by atoms with van der Waals surface area (Å²) in [6.07, 6.45) is 11.4. The maximum absolute atomic E-state index is 15.3. The van der Waals surface area contributed by atoms with Crippen LogP contribution in [0.5, 0.6) is 5.75 Å². The number of likely N-dealkylation sites (N-methyl/N-ethyl adjacent to an activating group) is 1. The zero-order valence-electron chi connectivity index (χ0n) is 36.4. The van der Waals surface area contributed by atoms with Gasteiger partial charge < -0.3 is 40.0 Å². The van der Waals surface area contributed by atoms with Crippen molar-refractivity contribution >= 4 is 38.9 Å². The molecule has 6 heterocycles. The first kappa shape index (κ1) is 45.1. The van der Waals surface area contributed by atoms with Crippen molar-refractivity contribution in [2.24, 2.45) is 11.3 Å². The summed E-state index contributed by atoms with van der Waals surface area (Å²) >= 11 is 0. The average Bonchev–Trinajstić information content (AvgIpc) is 3.92. The van der Waals surface area contributed by atoms with Crippen molar-refractivity contribution in [1.82, 2.24) is 20.1 Å². The number of benzene rings is 2. The minimum atomic E-state index is -4.67. The van der Waals surface area contributed by atoms with E-state index >= 15 is 4.79 Å². The van der Waals surface area contributed by atoms with E-state index in [1.807, 2.05) is 62.2 Å². The largest absolute Gasteiger partial charge is 0.496 e. The van der Waals surface area contributed by atoms with Crippen LogP contribution in [0.3, 0.4) is 0 Å². The van der Waals surface area contributed by atoms with E-state index < -0.39 is 61.9 Å². The standard InChI is InChI=1S/C46H57N5O7.H2O4S/c1-7-18-47-40(53)46(56)38-44(17-21-51-19-12-16-43(9-3,37(44)51)39(46)52)31-22-32(35(57-5)23-34(31)49(38)4)45(41(54)58-6)25-28-24-42(55,8-2)27-50(26-28)20-15-30-29-13-10-11-14-33(29)48-36(30)45;1-5(2,3)4/h1,10-14,16,22-23,28,37-39,48,52,55-56H,8-9,15,17-21,24-27H2,2-6H3,(H,47,53);(H2,1,2,3,4)/t28-,37+,38-,39-,42+,43-,44-,45+,46+;/m1./s1. The number of nitrogens with zero attached hydrogens (tertiary/aromatic N) is 3. The van der Waals surface area contributed by atoms with Gasteiger partial charge in [-0.15, -0.1) is 6.42 Å². The molecule has 2 saturated heterocycles. The van der Waals surface area contributed by atoms with Crippen molar-refractivity contribution in [3.63, 3.8) is 0 Å². The summed E-state index contributed by atoms with van der Waals surface area (Å²) in [5, 5.41) is 41.5. The predicted octanol–water partition coefficient (Wildman–Crippen LogP) is 2.34. The first-order valence-electron chi connectivity index (χ1n) is 21.7. The molecule has 6 aliphatic rings. The van der Waals surface area contributed by atoms with Crippen LogP contribution in [-0.4, -0.2) is 149 Å². The van der Waals surface area contributed by atoms with Crippen molar-refractivity contribution in [3.05, 3.63) is 70.9 Å². The molecule has 1 spiro atoms. The highest BCUT2D eigenvalue weighted by Gasteiger charge is 2.78. The molecule has 17 heteroatoms. The molecule has 340 valence electrons. The van der Waals surface area contributed by atoms with Crippen LogP contribution >= 0.6 is 0 Å². The molecule has 7 N–H and O–H groups in total. The van der Waals surface area contributed by atoms with Gasteiger partial charge in [-0.1, -0.05) is 50.1 Å². The first-order chi connectivity index (χ1) is 29.8. The Labute approximate surface area is 368 Å². The van der Waals surface area contributed by atoms with Crippen molar-refractivity contribution in [2.75, 3.05) is 65.4 Å². The second-order valence-corrected chi connectivity index (χ2v) is 19.4. The maximum atomic E-state index is 15.3. The number of H-pyrrole nitrogens is 1. The van der Waals surface area contributed by atoms with Gasteiger partial charge in [0.15, 0.2) is 5.60 Å². The van der Waals surface area contributed by atoms with Crippen LogP contribution in [0, 0.1) is 23.7 Å². The highest BCUT2D eigenvalue weighted by Crippen LogP contribution is 2.67. The molecule has 1 saturated carbocycles. The number of terminal acetylenes is 1. The third-order valence-corrected chi connectivity index (χ3v) is 15.6. The number of fused-ring (bicyclic) bond motifs is 6. The number of methoxy groups -OCH3 is 2. The van der Waals surface area contributed by atoms with Crippen LogP contribution in [0.4, 0.5) is 5.69 Å². The number of aromatic amines is 1. The van der Waals surface area contributed by atoms with Crippen molar-refractivity contribution in [1.29, 1.82) is 0 Å². The van der Waals surface area contributed by atoms with Gasteiger partial charge in [-0.05, 0) is 74.2 Å². The molecule has 3 fully saturated rings. The fourth-order valence-electron chi connectivity index (χ4n) is 13.3. The van der Waals surface area contributed by atoms with E-state index in [0.717, 1.165) is 33.4 Å². The lowest BCUT2D eigenvalue weighted by Gasteiger charge is -2.63. The van der Waals surface area contributed by atoms with Crippen LogP contribution in [0.2, 0.25) is 0 Å². The van der Waals surface area contributed by atoms with Gasteiger partial charge in [0.25, 0.3) is 5.91 Å². The predicted molar refractivity (Wildman–Crippen MR) is 235 cm³/mol. The number of carbonyl (C=O) groups excluding carboxylic acids is 2. The summed E-state index contributed by atoms with van der Waals surface area (Å²) in [6, 6.07) is 11.0. The number of nitrogens with one attached hydrogen (secondary N) is 2. The minimum Gasteiger partial charge on any atom is -0.496 e. The Hall–Kier alpha value is -4.51. The zero-order chi connectivity index (χ0) is 45.5. The summed E-state index contributed by atoms with van der Waals surface area (Å²) in [6.45, 7) is 7.27. The lowest BCUT2D eigenvalue weighted by atomic mass is 9.47. The average molecular weight is 890 g/mol. The Kier molecular flexibility index (Phi) is 11.4. The molecule has 2 aromatic carbocycles. The molecule has 63 heavy (non-hydrogen) atoms. The highest BCUT2D eigenvalue weighted by atomic mass is 32.3. The van der Waals surface area contributed by atoms with Gasteiger partial charge in [-0.25, -0.2) is 0 Å². The van der Waals surface area contributed by atoms with Crippen LogP contribution < -0.4 is 15.0 Å². The summed E-state index contributed by atoms with van der Waals surface area (Å²) in [7, 11) is 0.250. The lowest BCUT2D eigenvalue weighted by molar-refractivity contribution is -0.203. The number of aliphatic hydroxyl groups is 3. The number of carbonyl (C=O) groups is 2. The Morgan fingerprint density at radius 1 is 1.05 bits per heavy atom. The van der Waals surface area contributed by atoms with Gasteiger partial charge in [0.2, 0.25) is 0 Å². The number of para-hydroxylation sites is 1. The summed E-state index contributed by atoms with van der Waals surface area (Å²) in [4.78, 5) is 40.2. The zero-order valence-corrected chi connectivity index (χ0v) is 37.2. The number of amides is 1. The fourth-order valence-corrected chi connectivity index (χ4v) is 13.3. The van der Waals surface area contributed by atoms with Crippen LogP contribution in [0.15, 0.2) is 48.6 Å². The van der Waals surface area contributed by atoms with E-state index in [9.17, 15) is 20.1 Å². The number of ether oxygens (including phenoxy) is 2. The van der Waals surface area contributed by atoms with Gasteiger partial charge >= 0.3 is 16.4 Å². The Morgan fingerprint density at radius 2 is 1.78 bits per heavy atom. The molecule has 1 amide bonds. The second kappa shape index (κ2) is 15.9. The number of rotatable bonds is 7. The summed E-state index contributed by atoms with van der Waals surface area (Å²) < 4.78 is 43.9. The number of aliphatic hydroxyl groups excluding tert-OH is 1. The van der Waals surface area contributed by atoms with Crippen LogP contribution in [0.25, 0.3) is 10.9 Å². The van der Waals surface area contributed by atoms with E-state index in [4.69, 9.17) is 33.4 Å². The summed E-state index contributed by atoms with van der Waals surface area (Å²) in [5.41, 5.74) is -1.49. The van der Waals surface area contributed by atoms with E-state index in [2.05, 4.69) is 38.2 Å². The van der Waals surface area contributed by atoms with Crippen LogP contribution in [-0.2, 0) is 42.0 Å². The molecular formula is C46H59N5O11S. The number of piperidine rings is 1. The van der Waals surface area contributed by atoms with Gasteiger partial charge in [0, 0.05) is 84.0 Å². The minimum absolute atomic E-state index is 0.0883. The summed E-state index contributed by atoms with van der Waals surface area (Å²) in [5.74, 6) is 1.69. The number of esters is 1. The van der Waals surface area contributed by atoms with Gasteiger partial charge in [-0.2, -0.15) is 8.42 Å². The van der Waals surface area contributed by atoms with Gasteiger partial charge in [-0.3, -0.25) is 28.5 Å². The van der Waals surface area contributed by atoms with Crippen LogP contribution in [0.1, 0.15) is 68.3 Å². The Bertz CT molecular complexity index is 2500. The molecule has 10 atom stereocenters. The Balaban J connectivity index is 0.00000103. The molecule has 3 aromatic rings. The molecular weight excluding hydrogens is 831 g/mol. The normalized spacial score (nSPS) is 35.3.